The zero-order valence-corrected chi connectivity index (χ0v) is 6.92. The predicted molar refractivity (Wildman–Crippen MR) is 45.3 cm³/mol. The van der Waals surface area contributed by atoms with Crippen molar-refractivity contribution in [3.05, 3.63) is 10.2 Å². The molecular formula is C5H9IN2. The summed E-state index contributed by atoms with van der Waals surface area (Å²) in [7, 11) is 0. The van der Waals surface area contributed by atoms with Crippen LogP contribution in [0.25, 0.3) is 0 Å². The standard InChI is InChI=1S/C5H9IN2/c1-2-8-5(7)3-4-6/h3-4H,2H2,1H3,(H2,7,8)/b4-3-. The van der Waals surface area contributed by atoms with Crippen molar-refractivity contribution in [2.75, 3.05) is 6.54 Å². The Bertz CT molecular complexity index is 107. The summed E-state index contributed by atoms with van der Waals surface area (Å²) in [5.74, 6) is 0.599. The molecular weight excluding hydrogens is 215 g/mol. The molecule has 0 spiro atoms. The van der Waals surface area contributed by atoms with Gasteiger partial charge in [-0.1, -0.05) is 22.6 Å². The minimum Gasteiger partial charge on any atom is -0.384 e. The van der Waals surface area contributed by atoms with Crippen LogP contribution in [-0.2, 0) is 0 Å². The van der Waals surface area contributed by atoms with E-state index in [0.717, 1.165) is 6.54 Å². The zero-order valence-electron chi connectivity index (χ0n) is 4.76. The molecule has 0 fully saturated rings. The third kappa shape index (κ3) is 4.11. The van der Waals surface area contributed by atoms with Gasteiger partial charge in [-0.25, -0.2) is 0 Å². The fourth-order valence-corrected chi connectivity index (χ4v) is 0.668. The highest BCUT2D eigenvalue weighted by atomic mass is 127. The molecule has 0 aliphatic rings. The van der Waals surface area contributed by atoms with E-state index in [2.05, 4.69) is 27.6 Å². The molecule has 8 heavy (non-hydrogen) atoms. The lowest BCUT2D eigenvalue weighted by Crippen LogP contribution is -2.07. The van der Waals surface area contributed by atoms with Crippen LogP contribution in [0.4, 0.5) is 0 Å². The van der Waals surface area contributed by atoms with Crippen LogP contribution in [0.2, 0.25) is 0 Å². The number of amidine groups is 1. The van der Waals surface area contributed by atoms with Gasteiger partial charge in [-0.3, -0.25) is 4.99 Å². The van der Waals surface area contributed by atoms with E-state index in [1.165, 1.54) is 0 Å². The first-order chi connectivity index (χ1) is 3.81. The molecule has 0 aromatic rings. The maximum absolute atomic E-state index is 5.35. The van der Waals surface area contributed by atoms with E-state index in [9.17, 15) is 0 Å². The van der Waals surface area contributed by atoms with Crippen LogP contribution in [-0.4, -0.2) is 12.4 Å². The monoisotopic (exact) mass is 224 g/mol. The molecule has 46 valence electrons. The Kier molecular flexibility index (Phi) is 5.05. The SMILES string of the molecule is CC/N=C(N)\C=C/I. The highest BCUT2D eigenvalue weighted by Crippen LogP contribution is 1.82. The van der Waals surface area contributed by atoms with E-state index >= 15 is 0 Å². The molecule has 0 saturated carbocycles. The molecule has 0 aliphatic heterocycles. The van der Waals surface area contributed by atoms with Crippen LogP contribution >= 0.6 is 22.6 Å². The van der Waals surface area contributed by atoms with Gasteiger partial charge in [0, 0.05) is 6.54 Å². The van der Waals surface area contributed by atoms with Gasteiger partial charge >= 0.3 is 0 Å². The van der Waals surface area contributed by atoms with Crippen molar-refractivity contribution in [2.24, 2.45) is 10.7 Å². The lowest BCUT2D eigenvalue weighted by atomic mass is 10.6. The van der Waals surface area contributed by atoms with E-state index in [0.29, 0.717) is 5.84 Å². The lowest BCUT2D eigenvalue weighted by molar-refractivity contribution is 1.13. The molecule has 0 unspecified atom stereocenters. The van der Waals surface area contributed by atoms with Gasteiger partial charge in [0.1, 0.15) is 5.84 Å². The topological polar surface area (TPSA) is 38.4 Å². The van der Waals surface area contributed by atoms with E-state index in [1.54, 1.807) is 6.08 Å². The Morgan fingerprint density at radius 3 is 2.88 bits per heavy atom. The van der Waals surface area contributed by atoms with Crippen molar-refractivity contribution in [1.82, 2.24) is 0 Å². The summed E-state index contributed by atoms with van der Waals surface area (Å²) < 4.78 is 1.84. The Morgan fingerprint density at radius 1 is 1.88 bits per heavy atom. The van der Waals surface area contributed by atoms with Crippen LogP contribution < -0.4 is 5.73 Å². The average molecular weight is 224 g/mol. The van der Waals surface area contributed by atoms with Crippen molar-refractivity contribution in [2.45, 2.75) is 6.92 Å². The fourth-order valence-electron chi connectivity index (χ4n) is 0.300. The Balaban J connectivity index is 3.61. The van der Waals surface area contributed by atoms with Crippen LogP contribution in [0.15, 0.2) is 15.2 Å². The fraction of sp³-hybridized carbons (Fsp3) is 0.400. The minimum absolute atomic E-state index is 0.599. The maximum atomic E-state index is 5.35. The summed E-state index contributed by atoms with van der Waals surface area (Å²) in [6.45, 7) is 2.71. The summed E-state index contributed by atoms with van der Waals surface area (Å²) in [4.78, 5) is 3.92. The molecule has 0 aliphatic carbocycles. The van der Waals surface area contributed by atoms with Crippen LogP contribution in [0.1, 0.15) is 6.92 Å². The van der Waals surface area contributed by atoms with Crippen molar-refractivity contribution < 1.29 is 0 Å². The molecule has 3 heteroatoms. The summed E-state index contributed by atoms with van der Waals surface area (Å²) in [5, 5.41) is 0. The maximum Gasteiger partial charge on any atom is 0.118 e. The molecule has 0 bridgehead atoms. The van der Waals surface area contributed by atoms with Crippen molar-refractivity contribution in [3.8, 4) is 0 Å². The molecule has 0 saturated heterocycles. The first-order valence-electron chi connectivity index (χ1n) is 2.38. The first kappa shape index (κ1) is 7.94. The van der Waals surface area contributed by atoms with Crippen molar-refractivity contribution in [1.29, 1.82) is 0 Å². The molecule has 0 radical (unpaired) electrons. The quantitative estimate of drug-likeness (QED) is 0.428. The molecule has 2 N–H and O–H groups in total. The molecule has 0 aromatic carbocycles. The second-order valence-electron chi connectivity index (χ2n) is 1.19. The van der Waals surface area contributed by atoms with Gasteiger partial charge in [-0.15, -0.1) is 0 Å². The molecule has 0 heterocycles. The number of rotatable bonds is 2. The largest absolute Gasteiger partial charge is 0.384 e. The van der Waals surface area contributed by atoms with Crippen molar-refractivity contribution in [3.63, 3.8) is 0 Å². The number of hydrogen-bond acceptors (Lipinski definition) is 1. The van der Waals surface area contributed by atoms with Gasteiger partial charge < -0.3 is 5.73 Å². The summed E-state index contributed by atoms with van der Waals surface area (Å²) in [5.41, 5.74) is 5.35. The van der Waals surface area contributed by atoms with Gasteiger partial charge in [-0.2, -0.15) is 0 Å². The summed E-state index contributed by atoms with van der Waals surface area (Å²) >= 11 is 2.10. The van der Waals surface area contributed by atoms with Crippen LogP contribution in [0.5, 0.6) is 0 Å². The zero-order chi connectivity index (χ0) is 6.41. The second kappa shape index (κ2) is 5.08. The normalized spacial score (nSPS) is 13.0. The number of hydrogen-bond donors (Lipinski definition) is 1. The van der Waals surface area contributed by atoms with Crippen LogP contribution in [0.3, 0.4) is 0 Å². The third-order valence-electron chi connectivity index (χ3n) is 0.574. The number of nitrogens with zero attached hydrogens (tertiary/aromatic N) is 1. The first-order valence-corrected chi connectivity index (χ1v) is 3.62. The Hall–Kier alpha value is -0.0600. The van der Waals surface area contributed by atoms with Gasteiger partial charge in [0.15, 0.2) is 0 Å². The highest BCUT2D eigenvalue weighted by molar-refractivity contribution is 14.1. The smallest absolute Gasteiger partial charge is 0.118 e. The highest BCUT2D eigenvalue weighted by Gasteiger charge is 1.76. The molecule has 2 nitrogen and oxygen atoms in total. The van der Waals surface area contributed by atoms with Crippen LogP contribution in [0, 0.1) is 0 Å². The van der Waals surface area contributed by atoms with E-state index in [-0.39, 0.29) is 0 Å². The summed E-state index contributed by atoms with van der Waals surface area (Å²) in [6.07, 6.45) is 1.77. The van der Waals surface area contributed by atoms with Crippen molar-refractivity contribution >= 4 is 28.4 Å². The Morgan fingerprint density at radius 2 is 2.50 bits per heavy atom. The summed E-state index contributed by atoms with van der Waals surface area (Å²) in [6, 6.07) is 0. The number of aliphatic imine (C=N–C) groups is 1. The van der Waals surface area contributed by atoms with E-state index in [1.807, 2.05) is 11.0 Å². The van der Waals surface area contributed by atoms with Gasteiger partial charge in [-0.05, 0) is 17.1 Å². The third-order valence-corrected chi connectivity index (χ3v) is 0.934. The molecule has 0 amide bonds. The molecule has 0 atom stereocenters. The lowest BCUT2D eigenvalue weighted by Gasteiger charge is -1.85. The van der Waals surface area contributed by atoms with Gasteiger partial charge in [0.2, 0.25) is 0 Å². The number of nitrogens with two attached hydrogens (primary N) is 1. The van der Waals surface area contributed by atoms with Gasteiger partial charge in [0.05, 0.1) is 0 Å². The van der Waals surface area contributed by atoms with E-state index < -0.39 is 0 Å². The van der Waals surface area contributed by atoms with Gasteiger partial charge in [0.25, 0.3) is 0 Å². The Labute approximate surface area is 63.0 Å². The molecule has 0 aromatic heterocycles. The average Bonchev–Trinajstić information content (AvgIpc) is 1.68. The van der Waals surface area contributed by atoms with E-state index in [4.69, 9.17) is 5.73 Å². The predicted octanol–water partition coefficient (Wildman–Crippen LogP) is 1.31. The second-order valence-corrected chi connectivity index (χ2v) is 1.91. The minimum atomic E-state index is 0.599. The molecule has 0 rings (SSSR count). The number of halogens is 1.